The zero-order valence-electron chi connectivity index (χ0n) is 11.5. The summed E-state index contributed by atoms with van der Waals surface area (Å²) in [6.07, 6.45) is 1.43. The van der Waals surface area contributed by atoms with Gasteiger partial charge in [0.2, 0.25) is 0 Å². The number of hydrogen-bond donors (Lipinski definition) is 1. The van der Waals surface area contributed by atoms with Crippen LogP contribution in [0.3, 0.4) is 0 Å². The van der Waals surface area contributed by atoms with Gasteiger partial charge in [-0.2, -0.15) is 0 Å². The smallest absolute Gasteiger partial charge is 0.253 e. The maximum atomic E-state index is 12.1. The maximum absolute atomic E-state index is 12.1. The third-order valence-electron chi connectivity index (χ3n) is 3.53. The zero-order valence-corrected chi connectivity index (χ0v) is 12.3. The topological polar surface area (TPSA) is 38.3 Å². The van der Waals surface area contributed by atoms with Crippen molar-refractivity contribution in [1.29, 1.82) is 0 Å². The summed E-state index contributed by atoms with van der Waals surface area (Å²) in [6, 6.07) is 15.4. The highest BCUT2D eigenvalue weighted by Crippen LogP contribution is 2.24. The van der Waals surface area contributed by atoms with E-state index in [2.05, 4.69) is 5.32 Å². The van der Waals surface area contributed by atoms with E-state index in [1.54, 1.807) is 0 Å². The van der Waals surface area contributed by atoms with E-state index in [0.717, 1.165) is 29.7 Å². The number of benzene rings is 2. The molecule has 3 rings (SSSR count). The van der Waals surface area contributed by atoms with Gasteiger partial charge in [0.05, 0.1) is 0 Å². The lowest BCUT2D eigenvalue weighted by Crippen LogP contribution is -2.26. The molecule has 1 saturated heterocycles. The highest BCUT2D eigenvalue weighted by Gasteiger charge is 2.23. The van der Waals surface area contributed by atoms with Crippen LogP contribution >= 0.6 is 11.6 Å². The van der Waals surface area contributed by atoms with Crippen LogP contribution in [-0.2, 0) is 9.53 Å². The van der Waals surface area contributed by atoms with E-state index in [1.165, 1.54) is 0 Å². The van der Waals surface area contributed by atoms with Crippen LogP contribution in [0.2, 0.25) is 5.02 Å². The normalized spacial score (nSPS) is 17.7. The Kier molecular flexibility index (Phi) is 4.23. The van der Waals surface area contributed by atoms with Crippen molar-refractivity contribution in [1.82, 2.24) is 0 Å². The SMILES string of the molecule is O=C(Nc1cccc(-c2ccc(Cl)cc2)c1)[C@H]1CCCO1. The van der Waals surface area contributed by atoms with Crippen LogP contribution in [0.5, 0.6) is 0 Å². The van der Waals surface area contributed by atoms with Crippen molar-refractivity contribution in [3.63, 3.8) is 0 Å². The monoisotopic (exact) mass is 301 g/mol. The quantitative estimate of drug-likeness (QED) is 0.926. The fraction of sp³-hybridized carbons (Fsp3) is 0.235. The lowest BCUT2D eigenvalue weighted by Gasteiger charge is -2.11. The molecule has 0 aromatic heterocycles. The molecule has 4 heteroatoms. The number of halogens is 1. The molecule has 0 bridgehead atoms. The highest BCUT2D eigenvalue weighted by molar-refractivity contribution is 6.30. The average Bonchev–Trinajstić information content (AvgIpc) is 3.02. The first-order valence-electron chi connectivity index (χ1n) is 7.01. The second kappa shape index (κ2) is 6.29. The first kappa shape index (κ1) is 14.1. The van der Waals surface area contributed by atoms with Gasteiger partial charge in [-0.15, -0.1) is 0 Å². The lowest BCUT2D eigenvalue weighted by molar-refractivity contribution is -0.124. The van der Waals surface area contributed by atoms with Crippen molar-refractivity contribution in [3.8, 4) is 11.1 Å². The standard InChI is InChI=1S/C17H16ClNO2/c18-14-8-6-12(7-9-14)13-3-1-4-15(11-13)19-17(20)16-5-2-10-21-16/h1,3-4,6-9,11,16H,2,5,10H2,(H,19,20)/t16-/m1/s1. The predicted molar refractivity (Wildman–Crippen MR) is 84.5 cm³/mol. The maximum Gasteiger partial charge on any atom is 0.253 e. The number of rotatable bonds is 3. The van der Waals surface area contributed by atoms with E-state index in [9.17, 15) is 4.79 Å². The van der Waals surface area contributed by atoms with Crippen LogP contribution in [0.4, 0.5) is 5.69 Å². The molecule has 0 aliphatic carbocycles. The Hall–Kier alpha value is -1.84. The number of ether oxygens (including phenoxy) is 1. The molecule has 0 radical (unpaired) electrons. The number of hydrogen-bond acceptors (Lipinski definition) is 2. The van der Waals surface area contributed by atoms with E-state index in [4.69, 9.17) is 16.3 Å². The Morgan fingerprint density at radius 2 is 1.95 bits per heavy atom. The lowest BCUT2D eigenvalue weighted by atomic mass is 10.1. The van der Waals surface area contributed by atoms with Crippen LogP contribution in [0, 0.1) is 0 Å². The van der Waals surface area contributed by atoms with Crippen LogP contribution in [0.25, 0.3) is 11.1 Å². The molecule has 1 N–H and O–H groups in total. The van der Waals surface area contributed by atoms with E-state index >= 15 is 0 Å². The van der Waals surface area contributed by atoms with Gasteiger partial charge in [-0.05, 0) is 48.2 Å². The Labute approximate surface area is 128 Å². The molecule has 0 saturated carbocycles. The van der Waals surface area contributed by atoms with Crippen molar-refractivity contribution in [2.75, 3.05) is 11.9 Å². The molecule has 2 aromatic rings. The van der Waals surface area contributed by atoms with Gasteiger partial charge in [0.15, 0.2) is 0 Å². The van der Waals surface area contributed by atoms with Crippen LogP contribution < -0.4 is 5.32 Å². The molecule has 1 heterocycles. The molecule has 0 spiro atoms. The highest BCUT2D eigenvalue weighted by atomic mass is 35.5. The third kappa shape index (κ3) is 3.43. The first-order valence-corrected chi connectivity index (χ1v) is 7.39. The summed E-state index contributed by atoms with van der Waals surface area (Å²) in [5.74, 6) is -0.0687. The van der Waals surface area contributed by atoms with E-state index in [1.807, 2.05) is 48.5 Å². The van der Waals surface area contributed by atoms with Crippen molar-refractivity contribution < 1.29 is 9.53 Å². The summed E-state index contributed by atoms with van der Waals surface area (Å²) in [4.78, 5) is 12.1. The minimum atomic E-state index is -0.316. The summed E-state index contributed by atoms with van der Waals surface area (Å²) in [7, 11) is 0. The fourth-order valence-electron chi connectivity index (χ4n) is 2.43. The van der Waals surface area contributed by atoms with Crippen molar-refractivity contribution in [3.05, 3.63) is 53.6 Å². The van der Waals surface area contributed by atoms with Gasteiger partial charge in [0, 0.05) is 17.3 Å². The Balaban J connectivity index is 1.76. The third-order valence-corrected chi connectivity index (χ3v) is 3.78. The molecule has 108 valence electrons. The first-order chi connectivity index (χ1) is 10.2. The molecule has 21 heavy (non-hydrogen) atoms. The molecule has 2 aromatic carbocycles. The van der Waals surface area contributed by atoms with Gasteiger partial charge in [-0.3, -0.25) is 4.79 Å². The number of anilines is 1. The minimum absolute atomic E-state index is 0.0687. The Morgan fingerprint density at radius 1 is 1.14 bits per heavy atom. The zero-order chi connectivity index (χ0) is 14.7. The molecule has 1 atom stereocenters. The Bertz CT molecular complexity index is 633. The van der Waals surface area contributed by atoms with Crippen molar-refractivity contribution in [2.45, 2.75) is 18.9 Å². The average molecular weight is 302 g/mol. The van der Waals surface area contributed by atoms with E-state index in [-0.39, 0.29) is 12.0 Å². The molecule has 0 unspecified atom stereocenters. The molecular weight excluding hydrogens is 286 g/mol. The predicted octanol–water partition coefficient (Wildman–Crippen LogP) is 4.12. The Morgan fingerprint density at radius 3 is 2.67 bits per heavy atom. The molecule has 3 nitrogen and oxygen atoms in total. The largest absolute Gasteiger partial charge is 0.368 e. The van der Waals surface area contributed by atoms with Gasteiger partial charge in [0.25, 0.3) is 5.91 Å². The summed E-state index contributed by atoms with van der Waals surface area (Å²) in [5, 5.41) is 3.63. The van der Waals surface area contributed by atoms with Crippen LogP contribution in [0.1, 0.15) is 12.8 Å². The number of carbonyl (C=O) groups excluding carboxylic acids is 1. The van der Waals surface area contributed by atoms with Gasteiger partial charge in [-0.25, -0.2) is 0 Å². The summed E-state index contributed by atoms with van der Waals surface area (Å²) >= 11 is 5.90. The van der Waals surface area contributed by atoms with Crippen molar-refractivity contribution >= 4 is 23.2 Å². The molecule has 1 aliphatic heterocycles. The molecule has 1 amide bonds. The van der Waals surface area contributed by atoms with E-state index < -0.39 is 0 Å². The van der Waals surface area contributed by atoms with Crippen molar-refractivity contribution in [2.24, 2.45) is 0 Å². The van der Waals surface area contributed by atoms with Gasteiger partial charge >= 0.3 is 0 Å². The number of amides is 1. The second-order valence-corrected chi connectivity index (χ2v) is 5.52. The van der Waals surface area contributed by atoms with Gasteiger partial charge in [-0.1, -0.05) is 35.9 Å². The fourth-order valence-corrected chi connectivity index (χ4v) is 2.55. The van der Waals surface area contributed by atoms with Crippen LogP contribution in [-0.4, -0.2) is 18.6 Å². The number of carbonyl (C=O) groups is 1. The second-order valence-electron chi connectivity index (χ2n) is 5.08. The molecular formula is C17H16ClNO2. The number of nitrogens with one attached hydrogen (secondary N) is 1. The summed E-state index contributed by atoms with van der Waals surface area (Å²) in [6.45, 7) is 0.670. The van der Waals surface area contributed by atoms with E-state index in [0.29, 0.717) is 11.6 Å². The minimum Gasteiger partial charge on any atom is -0.368 e. The van der Waals surface area contributed by atoms with Gasteiger partial charge in [0.1, 0.15) is 6.10 Å². The summed E-state index contributed by atoms with van der Waals surface area (Å²) in [5.41, 5.74) is 2.88. The molecule has 1 aliphatic rings. The molecule has 1 fully saturated rings. The van der Waals surface area contributed by atoms with Gasteiger partial charge < -0.3 is 10.1 Å². The van der Waals surface area contributed by atoms with Crippen LogP contribution in [0.15, 0.2) is 48.5 Å². The summed E-state index contributed by atoms with van der Waals surface area (Å²) < 4.78 is 5.39.